The van der Waals surface area contributed by atoms with Crippen LogP contribution in [0.3, 0.4) is 0 Å². The zero-order valence-corrected chi connectivity index (χ0v) is 16.8. The largest absolute Gasteiger partial charge is 0.296 e. The summed E-state index contributed by atoms with van der Waals surface area (Å²) in [6, 6.07) is 16.6. The number of thiazole rings is 1. The summed E-state index contributed by atoms with van der Waals surface area (Å²) in [6.07, 6.45) is 1.17. The van der Waals surface area contributed by atoms with E-state index in [0.717, 1.165) is 10.6 Å². The van der Waals surface area contributed by atoms with Crippen molar-refractivity contribution in [2.45, 2.75) is 13.5 Å². The summed E-state index contributed by atoms with van der Waals surface area (Å²) in [6.45, 7) is 1.49. The number of nitrogens with zero attached hydrogens (tertiary/aromatic N) is 3. The molecule has 0 aliphatic rings. The van der Waals surface area contributed by atoms with Crippen LogP contribution >= 0.6 is 11.3 Å². The molecule has 9 heteroatoms. The Morgan fingerprint density at radius 2 is 1.77 bits per heavy atom. The fourth-order valence-corrected chi connectivity index (χ4v) is 3.92. The maximum Gasteiger partial charge on any atom is 0.281 e. The molecule has 0 bridgehead atoms. The summed E-state index contributed by atoms with van der Waals surface area (Å²) in [5.41, 5.74) is 6.97. The van der Waals surface area contributed by atoms with Crippen molar-refractivity contribution in [2.75, 3.05) is 0 Å². The predicted octanol–water partition coefficient (Wildman–Crippen LogP) is 2.29. The molecule has 0 saturated heterocycles. The Hall–Kier alpha value is -3.85. The van der Waals surface area contributed by atoms with E-state index in [9.17, 15) is 14.4 Å². The van der Waals surface area contributed by atoms with E-state index in [1.54, 1.807) is 31.2 Å². The van der Waals surface area contributed by atoms with Gasteiger partial charge in [0.1, 0.15) is 16.4 Å². The van der Waals surface area contributed by atoms with Gasteiger partial charge in [0, 0.05) is 5.56 Å². The van der Waals surface area contributed by atoms with Crippen molar-refractivity contribution < 1.29 is 9.59 Å². The Bertz CT molecular complexity index is 1300. The topological polar surface area (TPSA) is 106 Å². The average Bonchev–Trinajstić information content (AvgIpc) is 3.16. The van der Waals surface area contributed by atoms with Crippen LogP contribution in [0.2, 0.25) is 0 Å². The molecule has 0 spiro atoms. The van der Waals surface area contributed by atoms with Gasteiger partial charge in [0.05, 0.1) is 22.9 Å². The molecule has 30 heavy (non-hydrogen) atoms. The summed E-state index contributed by atoms with van der Waals surface area (Å²) in [4.78, 5) is 45.9. The number of hydrazine groups is 1. The van der Waals surface area contributed by atoms with E-state index < -0.39 is 17.4 Å². The quantitative estimate of drug-likeness (QED) is 0.494. The number of hydrogen-bond acceptors (Lipinski definition) is 6. The van der Waals surface area contributed by atoms with Crippen LogP contribution in [0.15, 0.2) is 65.6 Å². The molecule has 0 fully saturated rings. The van der Waals surface area contributed by atoms with Crippen molar-refractivity contribution in [1.82, 2.24) is 25.4 Å². The van der Waals surface area contributed by atoms with Crippen LogP contribution in [0.5, 0.6) is 0 Å². The lowest BCUT2D eigenvalue weighted by Gasteiger charge is -2.10. The van der Waals surface area contributed by atoms with Crippen molar-refractivity contribution in [3.05, 3.63) is 81.7 Å². The molecule has 4 rings (SSSR count). The lowest BCUT2D eigenvalue weighted by molar-refractivity contribution is -0.122. The van der Waals surface area contributed by atoms with E-state index in [-0.39, 0.29) is 6.54 Å². The lowest BCUT2D eigenvalue weighted by atomic mass is 10.2. The Morgan fingerprint density at radius 3 is 2.57 bits per heavy atom. The summed E-state index contributed by atoms with van der Waals surface area (Å²) in [7, 11) is 0. The molecule has 0 unspecified atom stereocenters. The number of amides is 2. The van der Waals surface area contributed by atoms with Crippen molar-refractivity contribution in [3.63, 3.8) is 0 Å². The molecule has 0 aliphatic heterocycles. The normalized spacial score (nSPS) is 10.7. The maximum atomic E-state index is 12.5. The smallest absolute Gasteiger partial charge is 0.281 e. The Labute approximate surface area is 175 Å². The zero-order valence-electron chi connectivity index (χ0n) is 16.0. The fourth-order valence-electron chi connectivity index (χ4n) is 2.96. The van der Waals surface area contributed by atoms with Crippen LogP contribution in [-0.4, -0.2) is 26.3 Å². The monoisotopic (exact) mass is 419 g/mol. The van der Waals surface area contributed by atoms with Crippen LogP contribution in [0, 0.1) is 6.92 Å². The number of para-hydroxylation sites is 2. The maximum absolute atomic E-state index is 12.5. The van der Waals surface area contributed by atoms with Crippen LogP contribution in [0.1, 0.15) is 15.4 Å². The SMILES string of the molecule is Cc1nc(-c2ccccc2)sc1C(=O)NNC(=O)Cn1c(=O)cnc2ccccc21. The highest BCUT2D eigenvalue weighted by atomic mass is 32.1. The molecule has 2 heterocycles. The van der Waals surface area contributed by atoms with Crippen LogP contribution in [0.4, 0.5) is 0 Å². The number of fused-ring (bicyclic) bond motifs is 1. The fraction of sp³-hybridized carbons (Fsp3) is 0.0952. The van der Waals surface area contributed by atoms with Gasteiger partial charge in [-0.25, -0.2) is 9.97 Å². The number of hydrogen-bond donors (Lipinski definition) is 2. The van der Waals surface area contributed by atoms with Gasteiger partial charge in [-0.2, -0.15) is 0 Å². The molecule has 150 valence electrons. The highest BCUT2D eigenvalue weighted by Crippen LogP contribution is 2.27. The molecule has 2 aromatic heterocycles. The highest BCUT2D eigenvalue weighted by Gasteiger charge is 2.17. The number of aromatic nitrogens is 3. The van der Waals surface area contributed by atoms with Crippen molar-refractivity contribution in [2.24, 2.45) is 0 Å². The van der Waals surface area contributed by atoms with E-state index in [1.165, 1.54) is 22.1 Å². The van der Waals surface area contributed by atoms with Crippen LogP contribution < -0.4 is 16.4 Å². The van der Waals surface area contributed by atoms with Gasteiger partial charge < -0.3 is 0 Å². The second-order valence-electron chi connectivity index (χ2n) is 6.47. The van der Waals surface area contributed by atoms with Gasteiger partial charge in [0.2, 0.25) is 0 Å². The number of rotatable bonds is 4. The first-order chi connectivity index (χ1) is 14.5. The lowest BCUT2D eigenvalue weighted by Crippen LogP contribution is -2.44. The molecular weight excluding hydrogens is 402 g/mol. The summed E-state index contributed by atoms with van der Waals surface area (Å²) >= 11 is 1.24. The zero-order chi connectivity index (χ0) is 21.1. The van der Waals surface area contributed by atoms with Gasteiger partial charge in [-0.1, -0.05) is 42.5 Å². The van der Waals surface area contributed by atoms with Crippen LogP contribution in [-0.2, 0) is 11.3 Å². The van der Waals surface area contributed by atoms with Gasteiger partial charge in [-0.05, 0) is 19.1 Å². The van der Waals surface area contributed by atoms with Gasteiger partial charge in [-0.3, -0.25) is 29.8 Å². The number of carbonyl (C=O) groups is 2. The van der Waals surface area contributed by atoms with Crippen molar-refractivity contribution >= 4 is 34.2 Å². The molecule has 2 aromatic carbocycles. The van der Waals surface area contributed by atoms with Gasteiger partial charge in [0.25, 0.3) is 17.4 Å². The van der Waals surface area contributed by atoms with Crippen molar-refractivity contribution in [1.29, 1.82) is 0 Å². The Balaban J connectivity index is 1.45. The third kappa shape index (κ3) is 3.96. The molecule has 0 saturated carbocycles. The second kappa shape index (κ2) is 8.26. The first-order valence-corrected chi connectivity index (χ1v) is 9.91. The van der Waals surface area contributed by atoms with Crippen LogP contribution in [0.25, 0.3) is 21.6 Å². The third-order valence-corrected chi connectivity index (χ3v) is 5.60. The van der Waals surface area contributed by atoms with E-state index >= 15 is 0 Å². The average molecular weight is 419 g/mol. The molecule has 2 amide bonds. The number of benzene rings is 2. The summed E-state index contributed by atoms with van der Waals surface area (Å²) in [5, 5.41) is 0.722. The molecule has 8 nitrogen and oxygen atoms in total. The first-order valence-electron chi connectivity index (χ1n) is 9.09. The van der Waals surface area contributed by atoms with E-state index in [1.807, 2.05) is 30.3 Å². The first kappa shape index (κ1) is 19.5. The Kier molecular flexibility index (Phi) is 5.36. The van der Waals surface area contributed by atoms with Gasteiger partial charge in [0.15, 0.2) is 0 Å². The standard InChI is InChI=1S/C21H17N5O3S/c1-13-19(30-21(23-13)14-7-3-2-4-8-14)20(29)25-24-17(27)12-26-16-10-6-5-9-15(16)22-11-18(26)28/h2-11H,12H2,1H3,(H,24,27)(H,25,29). The Morgan fingerprint density at radius 1 is 1.03 bits per heavy atom. The molecule has 4 aromatic rings. The highest BCUT2D eigenvalue weighted by molar-refractivity contribution is 7.17. The van der Waals surface area contributed by atoms with E-state index in [0.29, 0.717) is 21.6 Å². The second-order valence-corrected chi connectivity index (χ2v) is 7.47. The summed E-state index contributed by atoms with van der Waals surface area (Å²) < 4.78 is 1.30. The minimum absolute atomic E-state index is 0.251. The molecule has 2 N–H and O–H groups in total. The molecule has 0 aliphatic carbocycles. The minimum Gasteiger partial charge on any atom is -0.296 e. The number of aryl methyl sites for hydroxylation is 1. The predicted molar refractivity (Wildman–Crippen MR) is 114 cm³/mol. The molecule has 0 atom stereocenters. The molecule has 0 radical (unpaired) electrons. The number of carbonyl (C=O) groups excluding carboxylic acids is 2. The van der Waals surface area contributed by atoms with E-state index in [4.69, 9.17) is 0 Å². The van der Waals surface area contributed by atoms with Gasteiger partial charge >= 0.3 is 0 Å². The summed E-state index contributed by atoms with van der Waals surface area (Å²) in [5.74, 6) is -1.00. The minimum atomic E-state index is -0.535. The third-order valence-electron chi connectivity index (χ3n) is 4.39. The number of nitrogens with one attached hydrogen (secondary N) is 2. The van der Waals surface area contributed by atoms with Gasteiger partial charge in [-0.15, -0.1) is 11.3 Å². The van der Waals surface area contributed by atoms with E-state index in [2.05, 4.69) is 20.8 Å². The molecular formula is C21H17N5O3S. The van der Waals surface area contributed by atoms with Crippen molar-refractivity contribution in [3.8, 4) is 10.6 Å².